The maximum atomic E-state index is 8.39. The van der Waals surface area contributed by atoms with Crippen LogP contribution in [0.5, 0.6) is 0 Å². The van der Waals surface area contributed by atoms with Crippen molar-refractivity contribution in [3.63, 3.8) is 0 Å². The first kappa shape index (κ1) is 13.4. The molecule has 0 aliphatic heterocycles. The number of nitriles is 1. The molecule has 0 radical (unpaired) electrons. The maximum Gasteiger partial charge on any atom is 0.297 e. The van der Waals surface area contributed by atoms with E-state index < -0.39 is 0 Å². The zero-order valence-corrected chi connectivity index (χ0v) is 10.7. The van der Waals surface area contributed by atoms with Crippen LogP contribution in [0.25, 0.3) is 0 Å². The lowest BCUT2D eigenvalue weighted by molar-refractivity contribution is 0.386. The van der Waals surface area contributed by atoms with E-state index in [4.69, 9.17) is 10.00 Å². The highest BCUT2D eigenvalue weighted by atomic mass is 32.2. The number of methoxy groups -OCH3 is 1. The summed E-state index contributed by atoms with van der Waals surface area (Å²) in [5.74, 6) is 1.71. The van der Waals surface area contributed by atoms with Crippen LogP contribution < -0.4 is 5.32 Å². The van der Waals surface area contributed by atoms with E-state index in [0.717, 1.165) is 22.9 Å². The number of aromatic amines is 1. The van der Waals surface area contributed by atoms with Crippen LogP contribution in [0.1, 0.15) is 11.4 Å². The first-order valence-corrected chi connectivity index (χ1v) is 6.23. The van der Waals surface area contributed by atoms with Gasteiger partial charge in [-0.3, -0.25) is 0 Å². The number of amidine groups is 1. The fraction of sp³-hybridized carbons (Fsp3) is 0.500. The lowest BCUT2D eigenvalue weighted by Gasteiger charge is -2.01. The van der Waals surface area contributed by atoms with Gasteiger partial charge >= 0.3 is 0 Å². The lowest BCUT2D eigenvalue weighted by Crippen LogP contribution is -2.20. The quantitative estimate of drug-likeness (QED) is 0.269. The second-order valence-corrected chi connectivity index (χ2v) is 4.26. The Bertz CT molecular complexity index is 409. The molecule has 7 heteroatoms. The molecule has 0 spiro atoms. The van der Waals surface area contributed by atoms with Gasteiger partial charge in [0.1, 0.15) is 0 Å². The van der Waals surface area contributed by atoms with Gasteiger partial charge in [-0.25, -0.2) is 15.3 Å². The molecule has 0 saturated heterocycles. The average Bonchev–Trinajstić information content (AvgIpc) is 2.73. The zero-order chi connectivity index (χ0) is 12.5. The highest BCUT2D eigenvalue weighted by Crippen LogP contribution is 2.11. The van der Waals surface area contributed by atoms with Gasteiger partial charge in [0.2, 0.25) is 0 Å². The molecule has 6 nitrogen and oxygen atoms in total. The van der Waals surface area contributed by atoms with Crippen molar-refractivity contribution in [3.05, 3.63) is 17.7 Å². The summed E-state index contributed by atoms with van der Waals surface area (Å²) in [6.07, 6.45) is 3.46. The van der Waals surface area contributed by atoms with Gasteiger partial charge in [0.05, 0.1) is 25.7 Å². The Morgan fingerprint density at radius 2 is 2.59 bits per heavy atom. The van der Waals surface area contributed by atoms with Crippen LogP contribution in [-0.4, -0.2) is 35.4 Å². The summed E-state index contributed by atoms with van der Waals surface area (Å²) in [5.41, 5.74) is 2.17. The van der Waals surface area contributed by atoms with Crippen LogP contribution in [-0.2, 0) is 10.5 Å². The summed E-state index contributed by atoms with van der Waals surface area (Å²) < 4.78 is 4.85. The molecule has 0 amide bonds. The lowest BCUT2D eigenvalue weighted by atomic mass is 10.4. The Hall–Kier alpha value is -1.68. The van der Waals surface area contributed by atoms with E-state index in [-0.39, 0.29) is 6.02 Å². The molecule has 0 saturated carbocycles. The summed E-state index contributed by atoms with van der Waals surface area (Å²) in [7, 11) is 1.48. The minimum absolute atomic E-state index is 0.254. The number of imidazole rings is 1. The largest absolute Gasteiger partial charge is 0.468 e. The predicted octanol–water partition coefficient (Wildman–Crippen LogP) is 1.02. The highest BCUT2D eigenvalue weighted by Gasteiger charge is 2.00. The molecule has 0 unspecified atom stereocenters. The van der Waals surface area contributed by atoms with Crippen molar-refractivity contribution in [2.75, 3.05) is 19.4 Å². The summed E-state index contributed by atoms with van der Waals surface area (Å²) >= 11 is 1.74. The summed E-state index contributed by atoms with van der Waals surface area (Å²) in [6, 6.07) is 0.254. The van der Waals surface area contributed by atoms with Crippen molar-refractivity contribution >= 4 is 17.8 Å². The molecular formula is C10H15N5OS. The molecule has 1 aromatic rings. The number of aromatic nitrogens is 2. The fourth-order valence-corrected chi connectivity index (χ4v) is 1.97. The molecule has 92 valence electrons. The van der Waals surface area contributed by atoms with Gasteiger partial charge in [-0.05, 0) is 6.92 Å². The van der Waals surface area contributed by atoms with Crippen LogP contribution in [0.3, 0.4) is 0 Å². The van der Waals surface area contributed by atoms with Gasteiger partial charge in [-0.1, -0.05) is 0 Å². The Kier molecular flexibility index (Phi) is 5.96. The van der Waals surface area contributed by atoms with Crippen LogP contribution in [0, 0.1) is 18.4 Å². The van der Waals surface area contributed by atoms with Crippen molar-refractivity contribution in [1.29, 1.82) is 5.26 Å². The summed E-state index contributed by atoms with van der Waals surface area (Å²) in [6.45, 7) is 2.60. The summed E-state index contributed by atoms with van der Waals surface area (Å²) in [5, 5.41) is 10.7. The molecule has 17 heavy (non-hydrogen) atoms. The molecule has 2 N–H and O–H groups in total. The Balaban J connectivity index is 2.20. The number of thioether (sulfide) groups is 1. The van der Waals surface area contributed by atoms with E-state index in [0.29, 0.717) is 6.54 Å². The average molecular weight is 253 g/mol. The van der Waals surface area contributed by atoms with E-state index in [1.165, 1.54) is 7.11 Å². The van der Waals surface area contributed by atoms with E-state index in [2.05, 4.69) is 20.3 Å². The molecule has 1 aromatic heterocycles. The third-order valence-corrected chi connectivity index (χ3v) is 2.97. The minimum atomic E-state index is 0.254. The standard InChI is InChI=1S/C10H15N5OS/c1-8-9(15-7-14-8)5-17-4-3-12-10(16-2)13-6-11/h7H,3-5H2,1-2H3,(H,12,13)(H,14,15). The first-order valence-electron chi connectivity index (χ1n) is 5.08. The molecule has 1 rings (SSSR count). The fourth-order valence-electron chi connectivity index (χ4n) is 1.12. The Labute approximate surface area is 104 Å². The van der Waals surface area contributed by atoms with Gasteiger partial charge in [0, 0.05) is 17.2 Å². The van der Waals surface area contributed by atoms with Crippen molar-refractivity contribution in [3.8, 4) is 6.19 Å². The number of aliphatic imine (C=N–C) groups is 1. The summed E-state index contributed by atoms with van der Waals surface area (Å²) in [4.78, 5) is 11.3. The first-order chi connectivity index (χ1) is 8.27. The van der Waals surface area contributed by atoms with Gasteiger partial charge in [0.15, 0.2) is 6.19 Å². The molecule has 0 aliphatic rings. The predicted molar refractivity (Wildman–Crippen MR) is 67.5 cm³/mol. The number of aryl methyl sites for hydroxylation is 1. The minimum Gasteiger partial charge on any atom is -0.468 e. The molecule has 0 fully saturated rings. The topological polar surface area (TPSA) is 86.1 Å². The number of rotatable bonds is 5. The van der Waals surface area contributed by atoms with E-state index in [1.807, 2.05) is 6.92 Å². The van der Waals surface area contributed by atoms with E-state index in [9.17, 15) is 0 Å². The van der Waals surface area contributed by atoms with Gasteiger partial charge in [-0.15, -0.1) is 0 Å². The number of nitrogens with one attached hydrogen (secondary N) is 2. The molecule has 0 aliphatic carbocycles. The van der Waals surface area contributed by atoms with Crippen LogP contribution in [0.15, 0.2) is 11.3 Å². The van der Waals surface area contributed by atoms with Crippen molar-refractivity contribution in [1.82, 2.24) is 15.3 Å². The van der Waals surface area contributed by atoms with Crippen LogP contribution in [0.4, 0.5) is 0 Å². The number of hydrogen-bond acceptors (Lipinski definition) is 5. The van der Waals surface area contributed by atoms with Gasteiger partial charge in [0.25, 0.3) is 6.02 Å². The maximum absolute atomic E-state index is 8.39. The number of hydrogen-bond donors (Lipinski definition) is 2. The number of nitrogens with zero attached hydrogens (tertiary/aromatic N) is 3. The Morgan fingerprint density at radius 3 is 3.18 bits per heavy atom. The number of H-pyrrole nitrogens is 1. The van der Waals surface area contributed by atoms with E-state index in [1.54, 1.807) is 24.3 Å². The molecule has 0 aromatic carbocycles. The molecule has 0 atom stereocenters. The second kappa shape index (κ2) is 7.57. The van der Waals surface area contributed by atoms with E-state index >= 15 is 0 Å². The van der Waals surface area contributed by atoms with Gasteiger partial charge in [-0.2, -0.15) is 17.0 Å². The highest BCUT2D eigenvalue weighted by molar-refractivity contribution is 7.98. The van der Waals surface area contributed by atoms with Gasteiger partial charge < -0.3 is 9.72 Å². The molecule has 0 bridgehead atoms. The van der Waals surface area contributed by atoms with Crippen molar-refractivity contribution < 1.29 is 4.74 Å². The molecular weight excluding hydrogens is 238 g/mol. The Morgan fingerprint density at radius 1 is 1.76 bits per heavy atom. The third-order valence-electron chi connectivity index (χ3n) is 2.02. The van der Waals surface area contributed by atoms with Crippen LogP contribution >= 0.6 is 11.8 Å². The third kappa shape index (κ3) is 4.78. The van der Waals surface area contributed by atoms with Crippen LogP contribution in [0.2, 0.25) is 0 Å². The normalized spacial score (nSPS) is 11.0. The van der Waals surface area contributed by atoms with Crippen molar-refractivity contribution in [2.24, 2.45) is 4.99 Å². The smallest absolute Gasteiger partial charge is 0.297 e. The number of ether oxygens (including phenoxy) is 1. The monoisotopic (exact) mass is 253 g/mol. The van der Waals surface area contributed by atoms with Crippen molar-refractivity contribution in [2.45, 2.75) is 12.7 Å². The second-order valence-electron chi connectivity index (χ2n) is 3.15. The zero-order valence-electron chi connectivity index (χ0n) is 9.86. The molecule has 1 heterocycles. The SMILES string of the molecule is COC(=NCCSCc1nc[nH]c1C)NC#N.